The molecular formula is C22H15N3O5S2. The van der Waals surface area contributed by atoms with E-state index in [0.717, 1.165) is 14.9 Å². The predicted molar refractivity (Wildman–Crippen MR) is 123 cm³/mol. The molecule has 0 atom stereocenters. The summed E-state index contributed by atoms with van der Waals surface area (Å²) in [5.41, 5.74) is 1.11. The molecule has 0 saturated heterocycles. The van der Waals surface area contributed by atoms with Gasteiger partial charge in [0.25, 0.3) is 11.6 Å². The molecule has 0 saturated carbocycles. The minimum absolute atomic E-state index is 0.0417. The number of carbonyl (C=O) groups excluding carboxylic acids is 2. The molecule has 0 N–H and O–H groups in total. The average Bonchev–Trinajstić information content (AvgIpc) is 3.34. The molecule has 0 aliphatic rings. The number of carbonyl (C=O) groups is 2. The van der Waals surface area contributed by atoms with Gasteiger partial charge >= 0.3 is 5.97 Å². The van der Waals surface area contributed by atoms with Crippen LogP contribution in [0.25, 0.3) is 20.3 Å². The van der Waals surface area contributed by atoms with E-state index >= 15 is 0 Å². The van der Waals surface area contributed by atoms with Gasteiger partial charge in [0.05, 0.1) is 38.7 Å². The molecule has 2 heterocycles. The Bertz CT molecular complexity index is 1500. The SMILES string of the molecule is C#CCn1c(=NC(=O)c2cc3cc([N+](=O)[O-])ccc3s2)sc2cc(C(=O)OCC)ccc21. The maximum atomic E-state index is 12.9. The number of aromatic nitrogens is 1. The highest BCUT2D eigenvalue weighted by molar-refractivity contribution is 7.21. The van der Waals surface area contributed by atoms with Gasteiger partial charge in [-0.15, -0.1) is 17.8 Å². The Kier molecular flexibility index (Phi) is 5.85. The number of fused-ring (bicyclic) bond motifs is 2. The Morgan fingerprint density at radius 1 is 1.19 bits per heavy atom. The van der Waals surface area contributed by atoms with Crippen molar-refractivity contribution in [3.63, 3.8) is 0 Å². The number of hydrogen-bond donors (Lipinski definition) is 0. The standard InChI is InChI=1S/C22H15N3O5S2/c1-3-9-24-16-7-5-13(21(27)30-4-2)11-18(16)32-22(24)23-20(26)19-12-14-10-15(25(28)29)6-8-17(14)31-19/h1,5-8,10-12H,4,9H2,2H3. The van der Waals surface area contributed by atoms with Crippen molar-refractivity contribution in [1.29, 1.82) is 0 Å². The van der Waals surface area contributed by atoms with E-state index in [9.17, 15) is 19.7 Å². The number of rotatable bonds is 5. The van der Waals surface area contributed by atoms with E-state index in [1.54, 1.807) is 41.8 Å². The van der Waals surface area contributed by atoms with Gasteiger partial charge in [-0.05, 0) is 37.3 Å². The minimum atomic E-state index is -0.479. The van der Waals surface area contributed by atoms with Crippen molar-refractivity contribution < 1.29 is 19.2 Å². The smallest absolute Gasteiger partial charge is 0.338 e. The first-order chi connectivity index (χ1) is 15.4. The molecule has 160 valence electrons. The highest BCUT2D eigenvalue weighted by Crippen LogP contribution is 2.29. The molecule has 1 amide bonds. The number of benzene rings is 2. The molecule has 8 nitrogen and oxygen atoms in total. The maximum Gasteiger partial charge on any atom is 0.338 e. The Hall–Kier alpha value is -3.81. The summed E-state index contributed by atoms with van der Waals surface area (Å²) in [6.45, 7) is 2.20. The number of nitro benzene ring substituents is 1. The van der Waals surface area contributed by atoms with Crippen LogP contribution in [0.1, 0.15) is 27.0 Å². The molecule has 4 aromatic rings. The fraction of sp³-hybridized carbons (Fsp3) is 0.136. The lowest BCUT2D eigenvalue weighted by Gasteiger charge is -2.03. The van der Waals surface area contributed by atoms with Crippen LogP contribution in [0.5, 0.6) is 0 Å². The van der Waals surface area contributed by atoms with Crippen LogP contribution < -0.4 is 4.80 Å². The number of thiazole rings is 1. The van der Waals surface area contributed by atoms with Crippen LogP contribution >= 0.6 is 22.7 Å². The lowest BCUT2D eigenvalue weighted by Crippen LogP contribution is -2.16. The monoisotopic (exact) mass is 465 g/mol. The second-order valence-electron chi connectivity index (χ2n) is 6.58. The molecule has 2 aromatic heterocycles. The summed E-state index contributed by atoms with van der Waals surface area (Å²) >= 11 is 2.45. The number of esters is 1. The van der Waals surface area contributed by atoms with Crippen LogP contribution in [0.15, 0.2) is 47.5 Å². The van der Waals surface area contributed by atoms with Crippen molar-refractivity contribution >= 4 is 60.5 Å². The fourth-order valence-corrected chi connectivity index (χ4v) is 5.13. The Morgan fingerprint density at radius 3 is 2.72 bits per heavy atom. The summed E-state index contributed by atoms with van der Waals surface area (Å²) in [7, 11) is 0. The van der Waals surface area contributed by atoms with E-state index in [-0.39, 0.29) is 18.8 Å². The number of thiophene rings is 1. The van der Waals surface area contributed by atoms with Crippen LogP contribution in [0, 0.1) is 22.5 Å². The van der Waals surface area contributed by atoms with Crippen LogP contribution in [-0.4, -0.2) is 28.0 Å². The van der Waals surface area contributed by atoms with E-state index in [0.29, 0.717) is 20.6 Å². The highest BCUT2D eigenvalue weighted by atomic mass is 32.1. The molecule has 0 bridgehead atoms. The third kappa shape index (κ3) is 4.03. The van der Waals surface area contributed by atoms with E-state index in [1.807, 2.05) is 0 Å². The molecule has 0 unspecified atom stereocenters. The summed E-state index contributed by atoms with van der Waals surface area (Å²) in [6.07, 6.45) is 5.51. The van der Waals surface area contributed by atoms with Crippen molar-refractivity contribution in [2.24, 2.45) is 4.99 Å². The molecule has 0 fully saturated rings. The molecule has 32 heavy (non-hydrogen) atoms. The summed E-state index contributed by atoms with van der Waals surface area (Å²) in [5, 5.41) is 11.6. The van der Waals surface area contributed by atoms with Gasteiger partial charge < -0.3 is 9.30 Å². The largest absolute Gasteiger partial charge is 0.462 e. The van der Waals surface area contributed by atoms with E-state index in [2.05, 4.69) is 10.9 Å². The summed E-state index contributed by atoms with van der Waals surface area (Å²) in [6, 6.07) is 11.1. The van der Waals surface area contributed by atoms with Crippen molar-refractivity contribution in [2.45, 2.75) is 13.5 Å². The number of nitro groups is 1. The average molecular weight is 466 g/mol. The van der Waals surface area contributed by atoms with Gasteiger partial charge in [-0.25, -0.2) is 4.79 Å². The first-order valence-electron chi connectivity index (χ1n) is 9.42. The summed E-state index contributed by atoms with van der Waals surface area (Å²) in [4.78, 5) is 40.4. The van der Waals surface area contributed by atoms with E-state index in [4.69, 9.17) is 11.2 Å². The number of terminal acetylenes is 1. The second kappa shape index (κ2) is 8.74. The van der Waals surface area contributed by atoms with Crippen molar-refractivity contribution in [1.82, 2.24) is 4.57 Å². The predicted octanol–water partition coefficient (Wildman–Crippen LogP) is 4.38. The molecule has 10 heteroatoms. The first kappa shape index (κ1) is 21.4. The Balaban J connectivity index is 1.78. The summed E-state index contributed by atoms with van der Waals surface area (Å²) < 4.78 is 8.26. The third-order valence-corrected chi connectivity index (χ3v) is 6.71. The number of hydrogen-bond acceptors (Lipinski definition) is 7. The molecule has 0 radical (unpaired) electrons. The lowest BCUT2D eigenvalue weighted by atomic mass is 10.2. The fourth-order valence-electron chi connectivity index (χ4n) is 3.14. The normalized spacial score (nSPS) is 11.6. The number of non-ortho nitro benzene ring substituents is 1. The molecule has 4 rings (SSSR count). The Morgan fingerprint density at radius 2 is 2.00 bits per heavy atom. The lowest BCUT2D eigenvalue weighted by molar-refractivity contribution is -0.384. The zero-order valence-corrected chi connectivity index (χ0v) is 18.4. The van der Waals surface area contributed by atoms with Gasteiger partial charge in [-0.3, -0.25) is 14.9 Å². The van der Waals surface area contributed by atoms with Crippen molar-refractivity contribution in [3.8, 4) is 12.3 Å². The number of amides is 1. The van der Waals surface area contributed by atoms with Gasteiger partial charge in [0.1, 0.15) is 0 Å². The van der Waals surface area contributed by atoms with Crippen LogP contribution in [0.4, 0.5) is 5.69 Å². The van der Waals surface area contributed by atoms with Gasteiger partial charge in [0.15, 0.2) is 4.80 Å². The molecular weight excluding hydrogens is 450 g/mol. The van der Waals surface area contributed by atoms with Crippen LogP contribution in [0.2, 0.25) is 0 Å². The van der Waals surface area contributed by atoms with Gasteiger partial charge in [-0.1, -0.05) is 17.3 Å². The van der Waals surface area contributed by atoms with Crippen molar-refractivity contribution in [2.75, 3.05) is 6.61 Å². The zero-order chi connectivity index (χ0) is 22.8. The molecule has 0 spiro atoms. The van der Waals surface area contributed by atoms with E-state index < -0.39 is 16.8 Å². The third-order valence-electron chi connectivity index (χ3n) is 4.56. The van der Waals surface area contributed by atoms with Gasteiger partial charge in [-0.2, -0.15) is 4.99 Å². The number of ether oxygens (including phenoxy) is 1. The minimum Gasteiger partial charge on any atom is -0.462 e. The van der Waals surface area contributed by atoms with E-state index in [1.165, 1.54) is 34.8 Å². The van der Waals surface area contributed by atoms with Gasteiger partial charge in [0.2, 0.25) is 0 Å². The van der Waals surface area contributed by atoms with Gasteiger partial charge in [0, 0.05) is 22.2 Å². The topological polar surface area (TPSA) is 104 Å². The van der Waals surface area contributed by atoms with Crippen molar-refractivity contribution in [3.05, 3.63) is 67.8 Å². The molecule has 2 aromatic carbocycles. The van der Waals surface area contributed by atoms with Crippen LogP contribution in [0.3, 0.4) is 0 Å². The second-order valence-corrected chi connectivity index (χ2v) is 8.68. The Labute approximate surface area is 189 Å². The first-order valence-corrected chi connectivity index (χ1v) is 11.1. The number of nitrogens with zero attached hydrogens (tertiary/aromatic N) is 3. The van der Waals surface area contributed by atoms with Crippen LogP contribution in [-0.2, 0) is 11.3 Å². The maximum absolute atomic E-state index is 12.9. The zero-order valence-electron chi connectivity index (χ0n) is 16.7. The highest BCUT2D eigenvalue weighted by Gasteiger charge is 2.15. The quantitative estimate of drug-likeness (QED) is 0.188. The summed E-state index contributed by atoms with van der Waals surface area (Å²) in [5.74, 6) is 1.65. The molecule has 0 aliphatic carbocycles. The molecule has 0 aliphatic heterocycles.